The third kappa shape index (κ3) is 1.95. The molecule has 2 heterocycles. The molecule has 0 aromatic carbocycles. The van der Waals surface area contributed by atoms with Gasteiger partial charge in [0.1, 0.15) is 0 Å². The van der Waals surface area contributed by atoms with E-state index in [1.54, 1.807) is 6.20 Å². The number of pyridine rings is 2. The Balaban J connectivity index is 2.73. The van der Waals surface area contributed by atoms with E-state index in [2.05, 4.69) is 30.7 Å². The lowest BCUT2D eigenvalue weighted by Gasteiger charge is -2.18. The van der Waals surface area contributed by atoms with Gasteiger partial charge in [-0.2, -0.15) is 0 Å². The maximum atomic E-state index is 6.19. The van der Waals surface area contributed by atoms with E-state index in [9.17, 15) is 0 Å². The highest BCUT2D eigenvalue weighted by Crippen LogP contribution is 2.27. The van der Waals surface area contributed by atoms with Crippen molar-refractivity contribution in [3.63, 3.8) is 0 Å². The normalized spacial score (nSPS) is 12.0. The first kappa shape index (κ1) is 10.4. The molecule has 3 heteroatoms. The van der Waals surface area contributed by atoms with Gasteiger partial charge in [-0.25, -0.2) is 9.97 Å². The molecule has 0 saturated heterocycles. The number of aromatic nitrogens is 2. The van der Waals surface area contributed by atoms with E-state index in [1.165, 1.54) is 0 Å². The first-order valence-corrected chi connectivity index (χ1v) is 5.28. The Morgan fingerprint density at radius 2 is 2.00 bits per heavy atom. The third-order valence-electron chi connectivity index (χ3n) is 2.30. The van der Waals surface area contributed by atoms with Gasteiger partial charge in [-0.05, 0) is 18.2 Å². The van der Waals surface area contributed by atoms with Gasteiger partial charge in [-0.3, -0.25) is 0 Å². The summed E-state index contributed by atoms with van der Waals surface area (Å²) in [6.07, 6.45) is 1.73. The summed E-state index contributed by atoms with van der Waals surface area (Å²) in [5.74, 6) is 0. The lowest BCUT2D eigenvalue weighted by molar-refractivity contribution is 0.571. The first-order valence-electron chi connectivity index (χ1n) is 4.90. The van der Waals surface area contributed by atoms with Crippen LogP contribution in [-0.4, -0.2) is 9.97 Å². The molecule has 2 aromatic rings. The fourth-order valence-corrected chi connectivity index (χ4v) is 1.65. The topological polar surface area (TPSA) is 25.8 Å². The van der Waals surface area contributed by atoms with Crippen LogP contribution in [0.5, 0.6) is 0 Å². The van der Waals surface area contributed by atoms with E-state index in [-0.39, 0.29) is 5.41 Å². The van der Waals surface area contributed by atoms with Gasteiger partial charge in [0.15, 0.2) is 5.65 Å². The summed E-state index contributed by atoms with van der Waals surface area (Å²) in [5.41, 5.74) is 1.68. The van der Waals surface area contributed by atoms with Crippen LogP contribution in [0.25, 0.3) is 11.0 Å². The second-order valence-corrected chi connectivity index (χ2v) is 5.02. The molecular formula is C12H13ClN2. The van der Waals surface area contributed by atoms with Crippen molar-refractivity contribution in [1.82, 2.24) is 9.97 Å². The Labute approximate surface area is 94.3 Å². The largest absolute Gasteiger partial charge is 0.237 e. The molecule has 0 amide bonds. The predicted octanol–water partition coefficient (Wildman–Crippen LogP) is 3.58. The monoisotopic (exact) mass is 220 g/mol. The van der Waals surface area contributed by atoms with Crippen LogP contribution < -0.4 is 0 Å². The number of hydrogen-bond acceptors (Lipinski definition) is 2. The Morgan fingerprint density at radius 3 is 2.67 bits per heavy atom. The molecule has 0 aliphatic carbocycles. The molecule has 0 bridgehead atoms. The Kier molecular flexibility index (Phi) is 2.39. The molecule has 0 atom stereocenters. The summed E-state index contributed by atoms with van der Waals surface area (Å²) in [5, 5.41) is 1.63. The lowest BCUT2D eigenvalue weighted by Crippen LogP contribution is -2.13. The molecule has 0 N–H and O–H groups in total. The molecule has 0 unspecified atom stereocenters. The summed E-state index contributed by atoms with van der Waals surface area (Å²) in [6.45, 7) is 6.33. The minimum atomic E-state index is -0.00461. The summed E-state index contributed by atoms with van der Waals surface area (Å²) in [7, 11) is 0. The van der Waals surface area contributed by atoms with E-state index in [0.29, 0.717) is 0 Å². The predicted molar refractivity (Wildman–Crippen MR) is 63.2 cm³/mol. The van der Waals surface area contributed by atoms with Gasteiger partial charge in [0.2, 0.25) is 0 Å². The third-order valence-corrected chi connectivity index (χ3v) is 2.61. The summed E-state index contributed by atoms with van der Waals surface area (Å²) in [6, 6.07) is 5.72. The van der Waals surface area contributed by atoms with Crippen molar-refractivity contribution >= 4 is 22.6 Å². The van der Waals surface area contributed by atoms with Crippen LogP contribution in [-0.2, 0) is 5.41 Å². The second-order valence-electron chi connectivity index (χ2n) is 4.61. The molecule has 0 fully saturated rings. The first-order chi connectivity index (χ1) is 6.98. The minimum absolute atomic E-state index is 0.00461. The zero-order valence-corrected chi connectivity index (χ0v) is 9.84. The maximum Gasteiger partial charge on any atom is 0.160 e. The number of fused-ring (bicyclic) bond motifs is 1. The van der Waals surface area contributed by atoms with Gasteiger partial charge in [0.25, 0.3) is 0 Å². The Bertz CT molecular complexity index is 500. The number of rotatable bonds is 0. The summed E-state index contributed by atoms with van der Waals surface area (Å²) >= 11 is 6.19. The van der Waals surface area contributed by atoms with Gasteiger partial charge in [0.05, 0.1) is 5.02 Å². The number of hydrogen-bond donors (Lipinski definition) is 0. The molecule has 0 spiro atoms. The van der Waals surface area contributed by atoms with Crippen molar-refractivity contribution in [3.8, 4) is 0 Å². The van der Waals surface area contributed by atoms with Crippen molar-refractivity contribution in [3.05, 3.63) is 35.1 Å². The zero-order valence-electron chi connectivity index (χ0n) is 9.08. The van der Waals surface area contributed by atoms with Crippen LogP contribution in [0, 0.1) is 0 Å². The Hall–Kier alpha value is -1.15. The average molecular weight is 221 g/mol. The molecular weight excluding hydrogens is 208 g/mol. The zero-order chi connectivity index (χ0) is 11.1. The highest BCUT2D eigenvalue weighted by molar-refractivity contribution is 6.35. The number of halogens is 1. The van der Waals surface area contributed by atoms with Crippen LogP contribution in [0.4, 0.5) is 0 Å². The maximum absolute atomic E-state index is 6.19. The second kappa shape index (κ2) is 3.46. The summed E-state index contributed by atoms with van der Waals surface area (Å²) < 4.78 is 0. The van der Waals surface area contributed by atoms with E-state index in [4.69, 9.17) is 11.6 Å². The van der Waals surface area contributed by atoms with Crippen LogP contribution in [0.1, 0.15) is 26.5 Å². The Morgan fingerprint density at radius 1 is 1.27 bits per heavy atom. The molecule has 78 valence electrons. The van der Waals surface area contributed by atoms with Crippen LogP contribution >= 0.6 is 11.6 Å². The molecule has 15 heavy (non-hydrogen) atoms. The van der Waals surface area contributed by atoms with Gasteiger partial charge >= 0.3 is 0 Å². The van der Waals surface area contributed by atoms with Gasteiger partial charge in [-0.15, -0.1) is 0 Å². The standard InChI is InChI=1S/C12H13ClN2/c1-12(2,3)10-7-9(13)8-5-4-6-14-11(8)15-10/h4-7H,1-3H3. The number of nitrogens with zero attached hydrogens (tertiary/aromatic N) is 2. The van der Waals surface area contributed by atoms with Crippen LogP contribution in [0.2, 0.25) is 5.02 Å². The van der Waals surface area contributed by atoms with Gasteiger partial charge in [-0.1, -0.05) is 32.4 Å². The van der Waals surface area contributed by atoms with Gasteiger partial charge in [0, 0.05) is 22.7 Å². The van der Waals surface area contributed by atoms with Crippen LogP contribution in [0.15, 0.2) is 24.4 Å². The van der Waals surface area contributed by atoms with Crippen LogP contribution in [0.3, 0.4) is 0 Å². The highest BCUT2D eigenvalue weighted by Gasteiger charge is 2.17. The summed E-state index contributed by atoms with van der Waals surface area (Å²) in [4.78, 5) is 8.73. The quantitative estimate of drug-likeness (QED) is 0.678. The average Bonchev–Trinajstić information content (AvgIpc) is 2.16. The van der Waals surface area contributed by atoms with E-state index < -0.39 is 0 Å². The van der Waals surface area contributed by atoms with Crippen molar-refractivity contribution in [2.45, 2.75) is 26.2 Å². The van der Waals surface area contributed by atoms with Gasteiger partial charge < -0.3 is 0 Å². The van der Waals surface area contributed by atoms with Crippen molar-refractivity contribution in [2.75, 3.05) is 0 Å². The molecule has 2 nitrogen and oxygen atoms in total. The minimum Gasteiger partial charge on any atom is -0.237 e. The molecule has 2 aromatic heterocycles. The van der Waals surface area contributed by atoms with E-state index in [1.807, 2.05) is 18.2 Å². The van der Waals surface area contributed by atoms with E-state index in [0.717, 1.165) is 21.7 Å². The molecule has 0 aliphatic heterocycles. The SMILES string of the molecule is CC(C)(C)c1cc(Cl)c2cccnc2n1. The van der Waals surface area contributed by atoms with Crippen molar-refractivity contribution < 1.29 is 0 Å². The lowest BCUT2D eigenvalue weighted by atomic mass is 9.91. The fourth-order valence-electron chi connectivity index (χ4n) is 1.40. The fraction of sp³-hybridized carbons (Fsp3) is 0.333. The van der Waals surface area contributed by atoms with Crippen molar-refractivity contribution in [2.24, 2.45) is 0 Å². The smallest absolute Gasteiger partial charge is 0.160 e. The molecule has 0 radical (unpaired) electrons. The molecule has 0 aliphatic rings. The molecule has 0 saturated carbocycles. The van der Waals surface area contributed by atoms with Crippen molar-refractivity contribution in [1.29, 1.82) is 0 Å². The molecule has 2 rings (SSSR count). The van der Waals surface area contributed by atoms with E-state index >= 15 is 0 Å². The highest BCUT2D eigenvalue weighted by atomic mass is 35.5.